The highest BCUT2D eigenvalue weighted by atomic mass is 16.4. The Bertz CT molecular complexity index is 518. The van der Waals surface area contributed by atoms with Gasteiger partial charge in [-0.05, 0) is 43.2 Å². The summed E-state index contributed by atoms with van der Waals surface area (Å²) in [5, 5.41) is 21.8. The van der Waals surface area contributed by atoms with E-state index in [4.69, 9.17) is 5.11 Å². The third-order valence-electron chi connectivity index (χ3n) is 4.86. The first-order valence-corrected chi connectivity index (χ1v) is 7.12. The zero-order valence-corrected chi connectivity index (χ0v) is 11.4. The molecule has 108 valence electrons. The highest BCUT2D eigenvalue weighted by Crippen LogP contribution is 2.64. The second-order valence-corrected chi connectivity index (χ2v) is 6.43. The molecule has 3 N–H and O–H groups in total. The molecule has 20 heavy (non-hydrogen) atoms. The molecule has 0 radical (unpaired) electrons. The third kappa shape index (κ3) is 2.26. The first-order chi connectivity index (χ1) is 9.56. The normalized spacial score (nSPS) is 21.9. The van der Waals surface area contributed by atoms with Gasteiger partial charge in [-0.25, -0.2) is 9.78 Å². The maximum absolute atomic E-state index is 10.9. The topological polar surface area (TPSA) is 82.5 Å². The van der Waals surface area contributed by atoms with Gasteiger partial charge in [0.15, 0.2) is 5.69 Å². The van der Waals surface area contributed by atoms with E-state index in [1.807, 2.05) is 0 Å². The van der Waals surface area contributed by atoms with Crippen molar-refractivity contribution in [3.05, 3.63) is 23.9 Å². The Kier molecular flexibility index (Phi) is 3.17. The number of aromatic carboxylic acids is 1. The van der Waals surface area contributed by atoms with Crippen molar-refractivity contribution >= 4 is 11.8 Å². The standard InChI is InChI=1S/C15H20N2O3/c18-10-15(7-14(8-15)5-2-6-14)9-16-12-4-1-3-11(17-12)13(19)20/h1,3-4,18H,2,5-10H2,(H,16,17)(H,19,20). The maximum atomic E-state index is 10.9. The van der Waals surface area contributed by atoms with Gasteiger partial charge in [-0.2, -0.15) is 0 Å². The van der Waals surface area contributed by atoms with Crippen molar-refractivity contribution in [2.24, 2.45) is 10.8 Å². The Balaban J connectivity index is 1.61. The van der Waals surface area contributed by atoms with Crippen LogP contribution in [0.5, 0.6) is 0 Å². The van der Waals surface area contributed by atoms with Crippen molar-refractivity contribution in [3.8, 4) is 0 Å². The van der Waals surface area contributed by atoms with Crippen molar-refractivity contribution in [3.63, 3.8) is 0 Å². The smallest absolute Gasteiger partial charge is 0.354 e. The van der Waals surface area contributed by atoms with Crippen LogP contribution in [0.1, 0.15) is 42.6 Å². The first kappa shape index (κ1) is 13.4. The number of carbonyl (C=O) groups is 1. The van der Waals surface area contributed by atoms with E-state index in [2.05, 4.69) is 10.3 Å². The van der Waals surface area contributed by atoms with E-state index in [-0.39, 0.29) is 17.7 Å². The number of hydrogen-bond acceptors (Lipinski definition) is 4. The van der Waals surface area contributed by atoms with Gasteiger partial charge in [0.1, 0.15) is 5.82 Å². The number of hydrogen-bond donors (Lipinski definition) is 3. The molecule has 5 heteroatoms. The summed E-state index contributed by atoms with van der Waals surface area (Å²) in [5.41, 5.74) is 0.486. The van der Waals surface area contributed by atoms with Crippen LogP contribution in [0.3, 0.4) is 0 Å². The van der Waals surface area contributed by atoms with Gasteiger partial charge >= 0.3 is 5.97 Å². The molecule has 0 aromatic carbocycles. The number of carboxylic acid groups (broad SMARTS) is 1. The van der Waals surface area contributed by atoms with Crippen LogP contribution in [-0.2, 0) is 0 Å². The number of nitrogens with one attached hydrogen (secondary N) is 1. The van der Waals surface area contributed by atoms with Gasteiger partial charge in [0.05, 0.1) is 6.61 Å². The van der Waals surface area contributed by atoms with Crippen LogP contribution in [0.4, 0.5) is 5.82 Å². The lowest BCUT2D eigenvalue weighted by atomic mass is 9.45. The SMILES string of the molecule is O=C(O)c1cccc(NCC2(CO)CC3(CCC3)C2)n1. The van der Waals surface area contributed by atoms with Crippen LogP contribution >= 0.6 is 0 Å². The van der Waals surface area contributed by atoms with Gasteiger partial charge in [-0.1, -0.05) is 12.5 Å². The summed E-state index contributed by atoms with van der Waals surface area (Å²) in [4.78, 5) is 14.9. The lowest BCUT2D eigenvalue weighted by Gasteiger charge is -2.60. The number of carboxylic acids is 1. The van der Waals surface area contributed by atoms with E-state index in [0.717, 1.165) is 12.8 Å². The van der Waals surface area contributed by atoms with Crippen molar-refractivity contribution in [2.75, 3.05) is 18.5 Å². The van der Waals surface area contributed by atoms with Crippen LogP contribution in [0.15, 0.2) is 18.2 Å². The molecule has 0 unspecified atom stereocenters. The molecule has 5 nitrogen and oxygen atoms in total. The second kappa shape index (κ2) is 4.74. The average Bonchev–Trinajstić information content (AvgIpc) is 2.36. The lowest BCUT2D eigenvalue weighted by molar-refractivity contribution is -0.113. The molecule has 2 fully saturated rings. The molecule has 1 aromatic rings. The summed E-state index contributed by atoms with van der Waals surface area (Å²) in [6.45, 7) is 0.835. The van der Waals surface area contributed by atoms with E-state index >= 15 is 0 Å². The predicted molar refractivity (Wildman–Crippen MR) is 74.7 cm³/mol. The van der Waals surface area contributed by atoms with E-state index in [1.54, 1.807) is 12.1 Å². The number of anilines is 1. The fourth-order valence-electron chi connectivity index (χ4n) is 3.79. The molecule has 1 spiro atoms. The van der Waals surface area contributed by atoms with E-state index in [1.165, 1.54) is 25.3 Å². The molecular formula is C15H20N2O3. The van der Waals surface area contributed by atoms with E-state index < -0.39 is 5.97 Å². The molecule has 3 rings (SSSR count). The monoisotopic (exact) mass is 276 g/mol. The fraction of sp³-hybridized carbons (Fsp3) is 0.600. The molecule has 0 atom stereocenters. The predicted octanol–water partition coefficient (Wildman–Crippen LogP) is 2.13. The molecule has 0 amide bonds. The average molecular weight is 276 g/mol. The number of aliphatic hydroxyl groups excluding tert-OH is 1. The molecule has 2 aliphatic rings. The number of rotatable bonds is 5. The minimum Gasteiger partial charge on any atom is -0.477 e. The Labute approximate surface area is 118 Å². The van der Waals surface area contributed by atoms with Crippen LogP contribution in [0, 0.1) is 10.8 Å². The van der Waals surface area contributed by atoms with Crippen molar-refractivity contribution in [1.82, 2.24) is 4.98 Å². The molecule has 0 saturated heterocycles. The molecule has 0 bridgehead atoms. The van der Waals surface area contributed by atoms with Gasteiger partial charge in [-0.3, -0.25) is 0 Å². The van der Waals surface area contributed by atoms with E-state index in [9.17, 15) is 9.90 Å². The molecule has 0 aliphatic heterocycles. The van der Waals surface area contributed by atoms with Gasteiger partial charge in [0, 0.05) is 12.0 Å². The minimum absolute atomic E-state index is 0.0390. The highest BCUT2D eigenvalue weighted by Gasteiger charge is 2.56. The summed E-state index contributed by atoms with van der Waals surface area (Å²) >= 11 is 0. The summed E-state index contributed by atoms with van der Waals surface area (Å²) in [7, 11) is 0. The summed E-state index contributed by atoms with van der Waals surface area (Å²) < 4.78 is 0. The highest BCUT2D eigenvalue weighted by molar-refractivity contribution is 5.85. The molecule has 1 aromatic heterocycles. The lowest BCUT2D eigenvalue weighted by Crippen LogP contribution is -2.55. The van der Waals surface area contributed by atoms with Gasteiger partial charge in [0.25, 0.3) is 0 Å². The summed E-state index contributed by atoms with van der Waals surface area (Å²) in [6.07, 6.45) is 6.05. The second-order valence-electron chi connectivity index (χ2n) is 6.43. The van der Waals surface area contributed by atoms with Crippen molar-refractivity contribution in [2.45, 2.75) is 32.1 Å². The molecule has 2 saturated carbocycles. The summed E-state index contributed by atoms with van der Waals surface area (Å²) in [6, 6.07) is 4.91. The number of aromatic nitrogens is 1. The van der Waals surface area contributed by atoms with Crippen molar-refractivity contribution < 1.29 is 15.0 Å². The number of nitrogens with zero attached hydrogens (tertiary/aromatic N) is 1. The number of pyridine rings is 1. The Morgan fingerprint density at radius 2 is 2.10 bits per heavy atom. The first-order valence-electron chi connectivity index (χ1n) is 7.12. The van der Waals surface area contributed by atoms with Crippen LogP contribution < -0.4 is 5.32 Å². The number of aliphatic hydroxyl groups is 1. The van der Waals surface area contributed by atoms with Crippen molar-refractivity contribution in [1.29, 1.82) is 0 Å². The maximum Gasteiger partial charge on any atom is 0.354 e. The van der Waals surface area contributed by atoms with Crippen LogP contribution in [-0.4, -0.2) is 34.3 Å². The van der Waals surface area contributed by atoms with Gasteiger partial charge < -0.3 is 15.5 Å². The van der Waals surface area contributed by atoms with Gasteiger partial charge in [0.2, 0.25) is 0 Å². The van der Waals surface area contributed by atoms with Gasteiger partial charge in [-0.15, -0.1) is 0 Å². The largest absolute Gasteiger partial charge is 0.477 e. The Morgan fingerprint density at radius 1 is 1.35 bits per heavy atom. The summed E-state index contributed by atoms with van der Waals surface area (Å²) in [5.74, 6) is -0.463. The quantitative estimate of drug-likeness (QED) is 0.767. The van der Waals surface area contributed by atoms with Crippen LogP contribution in [0.2, 0.25) is 0 Å². The Hall–Kier alpha value is -1.62. The molecule has 1 heterocycles. The van der Waals surface area contributed by atoms with Crippen LogP contribution in [0.25, 0.3) is 0 Å². The third-order valence-corrected chi connectivity index (χ3v) is 4.86. The van der Waals surface area contributed by atoms with E-state index in [0.29, 0.717) is 17.8 Å². The molecule has 2 aliphatic carbocycles. The zero-order chi connectivity index (χ0) is 14.2. The zero-order valence-electron chi connectivity index (χ0n) is 11.4. The fourth-order valence-corrected chi connectivity index (χ4v) is 3.79. The minimum atomic E-state index is -1.03. The Morgan fingerprint density at radius 3 is 2.65 bits per heavy atom. The molecular weight excluding hydrogens is 256 g/mol.